The third-order valence-electron chi connectivity index (χ3n) is 2.58. The van der Waals surface area contributed by atoms with E-state index in [2.05, 4.69) is 26.2 Å². The van der Waals surface area contributed by atoms with Crippen molar-refractivity contribution in [2.75, 3.05) is 5.32 Å². The fraction of sp³-hybridized carbons (Fsp3) is 0.533. The number of anilines is 1. The Hall–Kier alpha value is -1.43. The number of carbonyl (C=O) groups is 2. The van der Waals surface area contributed by atoms with E-state index in [4.69, 9.17) is 4.74 Å². The molecular weight excluding hydrogens is 336 g/mol. The molecule has 0 fully saturated rings. The second-order valence-corrected chi connectivity index (χ2v) is 7.67. The van der Waals surface area contributed by atoms with Crippen molar-refractivity contribution in [3.8, 4) is 5.75 Å². The minimum Gasteiger partial charge on any atom is -0.421 e. The molecule has 1 rings (SSSR count). The van der Waals surface area contributed by atoms with Crippen LogP contribution >= 0.6 is 15.9 Å². The summed E-state index contributed by atoms with van der Waals surface area (Å²) in [6, 6.07) is 1.65. The molecule has 1 aromatic heterocycles. The number of halogens is 1. The van der Waals surface area contributed by atoms with Crippen molar-refractivity contribution in [3.63, 3.8) is 0 Å². The Labute approximate surface area is 133 Å². The minimum absolute atomic E-state index is 0.207. The van der Waals surface area contributed by atoms with Crippen LogP contribution in [0.25, 0.3) is 0 Å². The van der Waals surface area contributed by atoms with Gasteiger partial charge in [-0.1, -0.05) is 20.8 Å². The second-order valence-electron chi connectivity index (χ2n) is 6.81. The average molecular weight is 357 g/mol. The minimum atomic E-state index is -0.652. The molecule has 5 nitrogen and oxygen atoms in total. The van der Waals surface area contributed by atoms with E-state index in [1.165, 1.54) is 6.20 Å². The Morgan fingerprint density at radius 2 is 1.71 bits per heavy atom. The second kappa shape index (κ2) is 6.13. The lowest BCUT2D eigenvalue weighted by Crippen LogP contribution is -2.29. The summed E-state index contributed by atoms with van der Waals surface area (Å²) in [5, 5.41) is 2.69. The number of hydrogen-bond donors (Lipinski definition) is 1. The molecule has 0 aliphatic rings. The standard InChI is InChI=1S/C15H21BrN2O3/c1-14(2,3)12(19)18-11-10(9(16)7-8-17-11)21-13(20)15(4,5)6/h7-8H,1-6H3,(H,17,18,19). The largest absolute Gasteiger partial charge is 0.421 e. The number of carbonyl (C=O) groups excluding carboxylic acids is 2. The topological polar surface area (TPSA) is 68.3 Å². The number of esters is 1. The van der Waals surface area contributed by atoms with Crippen molar-refractivity contribution in [1.29, 1.82) is 0 Å². The maximum Gasteiger partial charge on any atom is 0.316 e. The molecule has 0 aliphatic heterocycles. The van der Waals surface area contributed by atoms with Crippen molar-refractivity contribution in [1.82, 2.24) is 4.98 Å². The van der Waals surface area contributed by atoms with Crippen molar-refractivity contribution in [2.24, 2.45) is 10.8 Å². The van der Waals surface area contributed by atoms with E-state index >= 15 is 0 Å². The highest BCUT2D eigenvalue weighted by Gasteiger charge is 2.28. The number of aromatic nitrogens is 1. The maximum absolute atomic E-state index is 12.1. The lowest BCUT2D eigenvalue weighted by molar-refractivity contribution is -0.143. The van der Waals surface area contributed by atoms with Gasteiger partial charge < -0.3 is 10.1 Å². The summed E-state index contributed by atoms with van der Waals surface area (Å²) in [5.74, 6) is -0.166. The SMILES string of the molecule is CC(C)(C)C(=O)Nc1nccc(Br)c1OC(=O)C(C)(C)C. The van der Waals surface area contributed by atoms with Crippen LogP contribution in [0.15, 0.2) is 16.7 Å². The molecule has 116 valence electrons. The molecule has 0 saturated carbocycles. The van der Waals surface area contributed by atoms with Gasteiger partial charge in [-0.25, -0.2) is 4.98 Å². The molecule has 1 amide bonds. The van der Waals surface area contributed by atoms with Gasteiger partial charge in [-0.15, -0.1) is 0 Å². The van der Waals surface area contributed by atoms with E-state index in [9.17, 15) is 9.59 Å². The monoisotopic (exact) mass is 356 g/mol. The van der Waals surface area contributed by atoms with Gasteiger partial charge in [0.05, 0.1) is 9.89 Å². The van der Waals surface area contributed by atoms with Gasteiger partial charge in [-0.3, -0.25) is 9.59 Å². The van der Waals surface area contributed by atoms with Gasteiger partial charge >= 0.3 is 5.97 Å². The fourth-order valence-corrected chi connectivity index (χ4v) is 1.54. The third-order valence-corrected chi connectivity index (χ3v) is 3.20. The molecule has 0 aromatic carbocycles. The molecule has 0 bridgehead atoms. The van der Waals surface area contributed by atoms with E-state index in [-0.39, 0.29) is 17.5 Å². The Morgan fingerprint density at radius 1 is 1.14 bits per heavy atom. The van der Waals surface area contributed by atoms with Crippen LogP contribution in [0.2, 0.25) is 0 Å². The van der Waals surface area contributed by atoms with E-state index < -0.39 is 16.8 Å². The predicted octanol–water partition coefficient (Wildman–Crippen LogP) is 3.78. The van der Waals surface area contributed by atoms with Crippen LogP contribution in [0.1, 0.15) is 41.5 Å². The molecule has 1 aromatic rings. The number of hydrogen-bond acceptors (Lipinski definition) is 4. The van der Waals surface area contributed by atoms with Gasteiger partial charge in [0.1, 0.15) is 0 Å². The lowest BCUT2D eigenvalue weighted by Gasteiger charge is -2.21. The first-order valence-corrected chi connectivity index (χ1v) is 7.40. The first-order chi connectivity index (χ1) is 9.43. The molecule has 21 heavy (non-hydrogen) atoms. The van der Waals surface area contributed by atoms with E-state index in [1.54, 1.807) is 47.6 Å². The Kier molecular flexibility index (Phi) is 5.15. The van der Waals surface area contributed by atoms with Crippen LogP contribution < -0.4 is 10.1 Å². The van der Waals surface area contributed by atoms with Crippen molar-refractivity contribution < 1.29 is 14.3 Å². The molecule has 0 aliphatic carbocycles. The summed E-state index contributed by atoms with van der Waals surface area (Å²) in [6.45, 7) is 10.6. The molecule has 0 spiro atoms. The van der Waals surface area contributed by atoms with Crippen molar-refractivity contribution in [2.45, 2.75) is 41.5 Å². The quantitative estimate of drug-likeness (QED) is 0.818. The number of pyridine rings is 1. The average Bonchev–Trinajstić information content (AvgIpc) is 2.30. The van der Waals surface area contributed by atoms with Gasteiger partial charge in [0.25, 0.3) is 0 Å². The molecule has 1 heterocycles. The molecule has 0 saturated heterocycles. The van der Waals surface area contributed by atoms with Crippen LogP contribution in [0, 0.1) is 10.8 Å². The van der Waals surface area contributed by atoms with Gasteiger partial charge in [0.2, 0.25) is 5.91 Å². The molecule has 0 unspecified atom stereocenters. The first kappa shape index (κ1) is 17.6. The van der Waals surface area contributed by atoms with E-state index in [0.29, 0.717) is 4.47 Å². The highest BCUT2D eigenvalue weighted by Crippen LogP contribution is 2.34. The first-order valence-electron chi connectivity index (χ1n) is 6.61. The molecule has 1 N–H and O–H groups in total. The van der Waals surface area contributed by atoms with E-state index in [0.717, 1.165) is 0 Å². The predicted molar refractivity (Wildman–Crippen MR) is 85.1 cm³/mol. The molecule has 0 radical (unpaired) electrons. The zero-order valence-corrected chi connectivity index (χ0v) is 14.8. The van der Waals surface area contributed by atoms with Crippen LogP contribution in [-0.2, 0) is 9.59 Å². The zero-order chi connectivity index (χ0) is 16.4. The maximum atomic E-state index is 12.1. The summed E-state index contributed by atoms with van der Waals surface area (Å²) >= 11 is 3.31. The van der Waals surface area contributed by atoms with E-state index in [1.807, 2.05) is 0 Å². The van der Waals surface area contributed by atoms with Gasteiger partial charge in [-0.05, 0) is 42.8 Å². The molecule has 6 heteroatoms. The Balaban J connectivity index is 3.10. The van der Waals surface area contributed by atoms with Crippen LogP contribution in [0.3, 0.4) is 0 Å². The summed E-state index contributed by atoms with van der Waals surface area (Å²) in [6.07, 6.45) is 1.52. The summed E-state index contributed by atoms with van der Waals surface area (Å²) in [7, 11) is 0. The van der Waals surface area contributed by atoms with Crippen LogP contribution in [-0.4, -0.2) is 16.9 Å². The normalized spacial score (nSPS) is 12.0. The Bertz CT molecular complexity index is 557. The number of nitrogens with zero attached hydrogens (tertiary/aromatic N) is 1. The van der Waals surface area contributed by atoms with Gasteiger partial charge in [0, 0.05) is 11.6 Å². The Morgan fingerprint density at radius 3 is 2.19 bits per heavy atom. The highest BCUT2D eigenvalue weighted by atomic mass is 79.9. The summed E-state index contributed by atoms with van der Waals surface area (Å²) < 4.78 is 5.95. The van der Waals surface area contributed by atoms with Crippen molar-refractivity contribution >= 4 is 33.6 Å². The highest BCUT2D eigenvalue weighted by molar-refractivity contribution is 9.10. The lowest BCUT2D eigenvalue weighted by atomic mass is 9.96. The van der Waals surface area contributed by atoms with Crippen LogP contribution in [0.5, 0.6) is 5.75 Å². The summed E-state index contributed by atoms with van der Waals surface area (Å²) in [5.41, 5.74) is -1.23. The van der Waals surface area contributed by atoms with Gasteiger partial charge in [-0.2, -0.15) is 0 Å². The number of nitrogens with one attached hydrogen (secondary N) is 1. The number of amides is 1. The molecular formula is C15H21BrN2O3. The van der Waals surface area contributed by atoms with Gasteiger partial charge in [0.15, 0.2) is 11.6 Å². The summed E-state index contributed by atoms with van der Waals surface area (Å²) in [4.78, 5) is 28.2. The van der Waals surface area contributed by atoms with Crippen LogP contribution in [0.4, 0.5) is 5.82 Å². The third kappa shape index (κ3) is 4.81. The number of rotatable bonds is 2. The smallest absolute Gasteiger partial charge is 0.316 e. The molecule has 0 atom stereocenters. The number of ether oxygens (including phenoxy) is 1. The fourth-order valence-electron chi connectivity index (χ4n) is 1.15. The van der Waals surface area contributed by atoms with Crippen molar-refractivity contribution in [3.05, 3.63) is 16.7 Å². The zero-order valence-electron chi connectivity index (χ0n) is 13.2.